The van der Waals surface area contributed by atoms with Gasteiger partial charge in [0.2, 0.25) is 11.7 Å². The highest BCUT2D eigenvalue weighted by Gasteiger charge is 2.23. The van der Waals surface area contributed by atoms with Crippen molar-refractivity contribution in [1.82, 2.24) is 15.5 Å². The molecule has 1 N–H and O–H groups in total. The van der Waals surface area contributed by atoms with E-state index in [0.717, 1.165) is 6.42 Å². The quantitative estimate of drug-likeness (QED) is 0.915. The Kier molecular flexibility index (Phi) is 4.73. The van der Waals surface area contributed by atoms with Gasteiger partial charge in [0.05, 0.1) is 10.9 Å². The van der Waals surface area contributed by atoms with E-state index in [1.807, 2.05) is 7.05 Å². The van der Waals surface area contributed by atoms with Gasteiger partial charge in [-0.15, -0.1) is 0 Å². The van der Waals surface area contributed by atoms with Crippen LogP contribution < -0.4 is 5.32 Å². The van der Waals surface area contributed by atoms with E-state index in [0.29, 0.717) is 17.3 Å². The topological polar surface area (TPSA) is 51.0 Å². The predicted molar refractivity (Wildman–Crippen MR) is 76.3 cm³/mol. The maximum absolute atomic E-state index is 13.0. The number of rotatable bonds is 5. The normalized spacial score (nSPS) is 14.2. The van der Waals surface area contributed by atoms with Gasteiger partial charge in [0.15, 0.2) is 0 Å². The smallest absolute Gasteiger partial charge is 0.231 e. The van der Waals surface area contributed by atoms with Crippen LogP contribution in [0.1, 0.15) is 32.1 Å². The van der Waals surface area contributed by atoms with Crippen molar-refractivity contribution < 1.29 is 8.91 Å². The van der Waals surface area contributed by atoms with Crippen molar-refractivity contribution >= 4 is 11.6 Å². The lowest BCUT2D eigenvalue weighted by molar-refractivity contribution is 0.322. The largest absolute Gasteiger partial charge is 0.339 e. The summed E-state index contributed by atoms with van der Waals surface area (Å²) in [4.78, 5) is 4.39. The van der Waals surface area contributed by atoms with Crippen molar-refractivity contribution in [2.24, 2.45) is 0 Å². The first-order chi connectivity index (χ1) is 9.56. The Bertz CT molecular complexity index is 588. The predicted octanol–water partition coefficient (Wildman–Crippen LogP) is 3.63. The van der Waals surface area contributed by atoms with Gasteiger partial charge in [0, 0.05) is 11.6 Å². The van der Waals surface area contributed by atoms with Crippen LogP contribution >= 0.6 is 11.6 Å². The molecule has 2 atom stereocenters. The summed E-state index contributed by atoms with van der Waals surface area (Å²) in [5.74, 6) is 0.676. The zero-order valence-corrected chi connectivity index (χ0v) is 12.4. The Morgan fingerprint density at radius 3 is 2.80 bits per heavy atom. The van der Waals surface area contributed by atoms with E-state index < -0.39 is 5.82 Å². The highest BCUT2D eigenvalue weighted by molar-refractivity contribution is 6.33. The van der Waals surface area contributed by atoms with E-state index >= 15 is 0 Å². The Morgan fingerprint density at radius 2 is 2.20 bits per heavy atom. The fourth-order valence-electron chi connectivity index (χ4n) is 2.11. The molecule has 6 heteroatoms. The summed E-state index contributed by atoms with van der Waals surface area (Å²) in [5.41, 5.74) is 0.565. The fourth-order valence-corrected chi connectivity index (χ4v) is 2.36. The van der Waals surface area contributed by atoms with Crippen LogP contribution in [-0.4, -0.2) is 23.2 Å². The number of hydrogen-bond donors (Lipinski definition) is 1. The zero-order valence-electron chi connectivity index (χ0n) is 11.7. The van der Waals surface area contributed by atoms with Crippen molar-refractivity contribution in [2.75, 3.05) is 7.05 Å². The van der Waals surface area contributed by atoms with Gasteiger partial charge in [-0.2, -0.15) is 4.98 Å². The zero-order chi connectivity index (χ0) is 14.7. The lowest BCUT2D eigenvalue weighted by atomic mass is 9.98. The molecule has 2 aromatic rings. The number of nitrogens with zero attached hydrogens (tertiary/aromatic N) is 2. The Balaban J connectivity index is 2.32. The van der Waals surface area contributed by atoms with E-state index in [-0.39, 0.29) is 17.0 Å². The SMILES string of the molecule is CCC(c1nc(-c2ccc(F)cc2Cl)no1)C(C)NC. The molecule has 0 aliphatic heterocycles. The van der Waals surface area contributed by atoms with E-state index in [9.17, 15) is 4.39 Å². The van der Waals surface area contributed by atoms with E-state index in [1.165, 1.54) is 12.1 Å². The Hall–Kier alpha value is -1.46. The van der Waals surface area contributed by atoms with Crippen molar-refractivity contribution in [2.45, 2.75) is 32.2 Å². The van der Waals surface area contributed by atoms with Crippen LogP contribution in [-0.2, 0) is 0 Å². The third-order valence-corrected chi connectivity index (χ3v) is 3.74. The van der Waals surface area contributed by atoms with E-state index in [1.54, 1.807) is 6.07 Å². The van der Waals surface area contributed by atoms with Crippen LogP contribution in [0.15, 0.2) is 22.7 Å². The van der Waals surface area contributed by atoms with Crippen LogP contribution in [0.5, 0.6) is 0 Å². The van der Waals surface area contributed by atoms with E-state index in [2.05, 4.69) is 29.3 Å². The van der Waals surface area contributed by atoms with Crippen LogP contribution in [0, 0.1) is 5.82 Å². The second kappa shape index (κ2) is 6.33. The first-order valence-electron chi connectivity index (χ1n) is 6.53. The van der Waals surface area contributed by atoms with Gasteiger partial charge >= 0.3 is 0 Å². The number of benzene rings is 1. The fraction of sp³-hybridized carbons (Fsp3) is 0.429. The molecule has 0 fully saturated rings. The maximum atomic E-state index is 13.0. The van der Waals surface area contributed by atoms with Crippen LogP contribution in [0.2, 0.25) is 5.02 Å². The highest BCUT2D eigenvalue weighted by atomic mass is 35.5. The Morgan fingerprint density at radius 1 is 1.45 bits per heavy atom. The van der Waals surface area contributed by atoms with Gasteiger partial charge < -0.3 is 9.84 Å². The molecule has 2 unspecified atom stereocenters. The third-order valence-electron chi connectivity index (χ3n) is 3.43. The summed E-state index contributed by atoms with van der Waals surface area (Å²) in [6.07, 6.45) is 0.876. The minimum atomic E-state index is -0.391. The lowest BCUT2D eigenvalue weighted by Crippen LogP contribution is -2.28. The first kappa shape index (κ1) is 14.9. The number of nitrogens with one attached hydrogen (secondary N) is 1. The minimum absolute atomic E-state index is 0.125. The van der Waals surface area contributed by atoms with Gasteiger partial charge in [-0.1, -0.05) is 23.7 Å². The summed E-state index contributed by atoms with van der Waals surface area (Å²) in [7, 11) is 1.89. The summed E-state index contributed by atoms with van der Waals surface area (Å²) in [5, 5.41) is 7.39. The van der Waals surface area contributed by atoms with Gasteiger partial charge in [-0.3, -0.25) is 0 Å². The molecule has 1 aromatic carbocycles. The van der Waals surface area contributed by atoms with Gasteiger partial charge in [-0.05, 0) is 38.6 Å². The second-order valence-electron chi connectivity index (χ2n) is 4.67. The molecule has 1 aromatic heterocycles. The molecule has 0 saturated carbocycles. The molecule has 0 bridgehead atoms. The second-order valence-corrected chi connectivity index (χ2v) is 5.08. The molecular formula is C14H17ClFN3O. The summed E-state index contributed by atoms with van der Waals surface area (Å²) < 4.78 is 18.4. The minimum Gasteiger partial charge on any atom is -0.339 e. The van der Waals surface area contributed by atoms with Gasteiger partial charge in [-0.25, -0.2) is 4.39 Å². The average molecular weight is 298 g/mol. The summed E-state index contributed by atoms with van der Waals surface area (Å²) in [6.45, 7) is 4.12. The van der Waals surface area contributed by atoms with Crippen LogP contribution in [0.3, 0.4) is 0 Å². The highest BCUT2D eigenvalue weighted by Crippen LogP contribution is 2.29. The van der Waals surface area contributed by atoms with Crippen molar-refractivity contribution in [3.05, 3.63) is 34.9 Å². The molecule has 1 heterocycles. The molecule has 2 rings (SSSR count). The van der Waals surface area contributed by atoms with Crippen molar-refractivity contribution in [1.29, 1.82) is 0 Å². The summed E-state index contributed by atoms with van der Waals surface area (Å²) in [6, 6.07) is 4.33. The van der Waals surface area contributed by atoms with Crippen LogP contribution in [0.25, 0.3) is 11.4 Å². The summed E-state index contributed by atoms with van der Waals surface area (Å²) >= 11 is 6.00. The molecule has 20 heavy (non-hydrogen) atoms. The number of likely N-dealkylation sites (N-methyl/N-ethyl adjacent to an activating group) is 1. The molecule has 0 amide bonds. The van der Waals surface area contributed by atoms with E-state index in [4.69, 9.17) is 16.1 Å². The Labute approximate surface area is 122 Å². The number of hydrogen-bond acceptors (Lipinski definition) is 4. The van der Waals surface area contributed by atoms with Crippen LogP contribution in [0.4, 0.5) is 4.39 Å². The van der Waals surface area contributed by atoms with Crippen molar-refractivity contribution in [3.63, 3.8) is 0 Å². The molecule has 0 saturated heterocycles. The molecule has 0 radical (unpaired) electrons. The first-order valence-corrected chi connectivity index (χ1v) is 6.90. The number of aromatic nitrogens is 2. The van der Waals surface area contributed by atoms with Crippen molar-refractivity contribution in [3.8, 4) is 11.4 Å². The molecule has 0 spiro atoms. The number of halogens is 2. The molecule has 0 aliphatic carbocycles. The van der Waals surface area contributed by atoms with Gasteiger partial charge in [0.1, 0.15) is 5.82 Å². The van der Waals surface area contributed by atoms with Gasteiger partial charge in [0.25, 0.3) is 0 Å². The maximum Gasteiger partial charge on any atom is 0.231 e. The molecular weight excluding hydrogens is 281 g/mol. The molecule has 0 aliphatic rings. The monoisotopic (exact) mass is 297 g/mol. The standard InChI is InChI=1S/C14H17ClFN3O/c1-4-10(8(2)17-3)14-18-13(19-20-14)11-6-5-9(16)7-12(11)15/h5-8,10,17H,4H2,1-3H3. The molecule has 108 valence electrons. The molecule has 4 nitrogen and oxygen atoms in total. The lowest BCUT2D eigenvalue weighted by Gasteiger charge is -2.17. The average Bonchev–Trinajstić information content (AvgIpc) is 2.88. The third kappa shape index (κ3) is 2.99.